The Labute approximate surface area is 180 Å². The molecule has 11 heteroatoms. The first-order chi connectivity index (χ1) is 14.7. The molecule has 31 heavy (non-hydrogen) atoms. The molecule has 1 aromatic rings. The van der Waals surface area contributed by atoms with Gasteiger partial charge in [0, 0.05) is 12.8 Å². The number of hydrogen-bond acceptors (Lipinski definition) is 7. The molecule has 0 unspecified atom stereocenters. The fourth-order valence-corrected chi connectivity index (χ4v) is 4.82. The van der Waals surface area contributed by atoms with Crippen molar-refractivity contribution in [3.05, 3.63) is 23.8 Å². The molecule has 0 aromatic heterocycles. The SMILES string of the molecule is CS(=O)(=O)CC[C@H]1NC(=O)N(CC(=O)N2CCC[C@@H]2c2ccc3c(c2)OCCO3)C1=O. The topological polar surface area (TPSA) is 122 Å². The molecule has 3 aliphatic heterocycles. The summed E-state index contributed by atoms with van der Waals surface area (Å²) in [5, 5.41) is 2.47. The van der Waals surface area contributed by atoms with Crippen LogP contribution in [0.3, 0.4) is 0 Å². The Morgan fingerprint density at radius 1 is 1.19 bits per heavy atom. The van der Waals surface area contributed by atoms with E-state index >= 15 is 0 Å². The number of sulfone groups is 1. The van der Waals surface area contributed by atoms with Crippen LogP contribution in [0.4, 0.5) is 4.79 Å². The van der Waals surface area contributed by atoms with Gasteiger partial charge in [0.2, 0.25) is 5.91 Å². The molecule has 0 saturated carbocycles. The zero-order valence-corrected chi connectivity index (χ0v) is 18.0. The van der Waals surface area contributed by atoms with Crippen LogP contribution in [0.1, 0.15) is 30.9 Å². The van der Waals surface area contributed by atoms with Crippen molar-refractivity contribution in [2.24, 2.45) is 0 Å². The third kappa shape index (κ3) is 4.60. The molecule has 0 spiro atoms. The zero-order chi connectivity index (χ0) is 22.2. The summed E-state index contributed by atoms with van der Waals surface area (Å²) in [7, 11) is -3.27. The molecular formula is C20H25N3O7S. The molecule has 0 bridgehead atoms. The number of nitrogens with zero attached hydrogens (tertiary/aromatic N) is 2. The van der Waals surface area contributed by atoms with E-state index in [1.807, 2.05) is 18.2 Å². The highest BCUT2D eigenvalue weighted by atomic mass is 32.2. The Bertz CT molecular complexity index is 1010. The van der Waals surface area contributed by atoms with Gasteiger partial charge in [-0.15, -0.1) is 0 Å². The van der Waals surface area contributed by atoms with Gasteiger partial charge in [-0.05, 0) is 37.0 Å². The first kappa shape index (κ1) is 21.4. The first-order valence-corrected chi connectivity index (χ1v) is 12.3. The van der Waals surface area contributed by atoms with E-state index in [9.17, 15) is 22.8 Å². The average Bonchev–Trinajstić information content (AvgIpc) is 3.32. The minimum atomic E-state index is -3.27. The summed E-state index contributed by atoms with van der Waals surface area (Å²) in [6.45, 7) is 1.12. The van der Waals surface area contributed by atoms with E-state index in [1.165, 1.54) is 0 Å². The van der Waals surface area contributed by atoms with Gasteiger partial charge >= 0.3 is 6.03 Å². The molecule has 2 atom stereocenters. The lowest BCUT2D eigenvalue weighted by atomic mass is 10.0. The summed E-state index contributed by atoms with van der Waals surface area (Å²) in [4.78, 5) is 40.3. The quantitative estimate of drug-likeness (QED) is 0.624. The molecule has 0 aliphatic carbocycles. The van der Waals surface area contributed by atoms with E-state index < -0.39 is 27.8 Å². The van der Waals surface area contributed by atoms with Gasteiger partial charge in [0.05, 0.1) is 11.8 Å². The Balaban J connectivity index is 1.43. The van der Waals surface area contributed by atoms with E-state index in [0.29, 0.717) is 31.3 Å². The molecular weight excluding hydrogens is 426 g/mol. The molecule has 1 N–H and O–H groups in total. The minimum absolute atomic E-state index is 0.0162. The maximum Gasteiger partial charge on any atom is 0.325 e. The van der Waals surface area contributed by atoms with Crippen LogP contribution in [-0.2, 0) is 19.4 Å². The van der Waals surface area contributed by atoms with Crippen molar-refractivity contribution in [3.8, 4) is 11.5 Å². The van der Waals surface area contributed by atoms with Crippen LogP contribution in [0.25, 0.3) is 0 Å². The number of nitrogens with one attached hydrogen (secondary N) is 1. The molecule has 168 valence electrons. The summed E-state index contributed by atoms with van der Waals surface area (Å²) < 4.78 is 33.9. The third-order valence-electron chi connectivity index (χ3n) is 5.70. The standard InChI is InChI=1S/C20H25N3O7S/c1-31(27,28)10-6-14-19(25)23(20(26)21-14)12-18(24)22-7-2-3-15(22)13-4-5-16-17(11-13)30-9-8-29-16/h4-5,11,14-15H,2-3,6-10,12H2,1H3,(H,21,26)/t14-,15-/m1/s1. The van der Waals surface area contributed by atoms with E-state index in [0.717, 1.165) is 29.6 Å². The largest absolute Gasteiger partial charge is 0.486 e. The van der Waals surface area contributed by atoms with Crippen molar-refractivity contribution in [2.75, 3.05) is 38.3 Å². The highest BCUT2D eigenvalue weighted by Gasteiger charge is 2.41. The Morgan fingerprint density at radius 2 is 1.94 bits per heavy atom. The Hall–Kier alpha value is -2.82. The summed E-state index contributed by atoms with van der Waals surface area (Å²) in [6, 6.07) is 3.83. The van der Waals surface area contributed by atoms with Crippen LogP contribution < -0.4 is 14.8 Å². The second-order valence-corrected chi connectivity index (χ2v) is 10.3. The molecule has 4 amide bonds. The summed E-state index contributed by atoms with van der Waals surface area (Å²) >= 11 is 0. The first-order valence-electron chi connectivity index (χ1n) is 10.2. The zero-order valence-electron chi connectivity index (χ0n) is 17.2. The van der Waals surface area contributed by atoms with Gasteiger partial charge in [-0.25, -0.2) is 13.2 Å². The number of likely N-dealkylation sites (tertiary alicyclic amines) is 1. The van der Waals surface area contributed by atoms with Gasteiger partial charge in [0.1, 0.15) is 35.6 Å². The maximum absolute atomic E-state index is 13.0. The highest BCUT2D eigenvalue weighted by Crippen LogP contribution is 2.38. The highest BCUT2D eigenvalue weighted by molar-refractivity contribution is 7.90. The van der Waals surface area contributed by atoms with Crippen LogP contribution >= 0.6 is 0 Å². The van der Waals surface area contributed by atoms with E-state index in [4.69, 9.17) is 9.47 Å². The van der Waals surface area contributed by atoms with Crippen molar-refractivity contribution in [1.29, 1.82) is 0 Å². The van der Waals surface area contributed by atoms with Gasteiger partial charge in [-0.1, -0.05) is 6.07 Å². The fourth-order valence-electron chi connectivity index (χ4n) is 4.16. The molecule has 3 heterocycles. The number of benzene rings is 1. The molecule has 10 nitrogen and oxygen atoms in total. The van der Waals surface area contributed by atoms with Crippen molar-refractivity contribution in [1.82, 2.24) is 15.1 Å². The Kier molecular flexibility index (Phi) is 5.78. The second-order valence-electron chi connectivity index (χ2n) is 7.99. The van der Waals surface area contributed by atoms with Gasteiger partial charge < -0.3 is 19.7 Å². The lowest BCUT2D eigenvalue weighted by Crippen LogP contribution is -2.43. The lowest BCUT2D eigenvalue weighted by Gasteiger charge is -2.28. The number of imide groups is 1. The molecule has 4 rings (SSSR count). The number of carbonyl (C=O) groups excluding carboxylic acids is 3. The summed E-state index contributed by atoms with van der Waals surface area (Å²) in [6.07, 6.45) is 2.63. The lowest BCUT2D eigenvalue weighted by molar-refractivity contribution is -0.138. The van der Waals surface area contributed by atoms with Gasteiger partial charge in [0.25, 0.3) is 5.91 Å². The number of rotatable bonds is 6. The Morgan fingerprint density at radius 3 is 2.68 bits per heavy atom. The average molecular weight is 452 g/mol. The maximum atomic E-state index is 13.0. The number of hydrogen-bond donors (Lipinski definition) is 1. The van der Waals surface area contributed by atoms with Crippen LogP contribution in [0, 0.1) is 0 Å². The minimum Gasteiger partial charge on any atom is -0.486 e. The van der Waals surface area contributed by atoms with E-state index in [-0.39, 0.29) is 30.7 Å². The van der Waals surface area contributed by atoms with Gasteiger partial charge in [-0.3, -0.25) is 14.5 Å². The van der Waals surface area contributed by atoms with Crippen molar-refractivity contribution >= 4 is 27.7 Å². The predicted molar refractivity (Wildman–Crippen MR) is 109 cm³/mol. The summed E-state index contributed by atoms with van der Waals surface area (Å²) in [5.41, 5.74) is 0.915. The third-order valence-corrected chi connectivity index (χ3v) is 6.68. The normalized spacial score (nSPS) is 23.3. The second kappa shape index (κ2) is 8.37. The van der Waals surface area contributed by atoms with Crippen LogP contribution in [-0.4, -0.2) is 80.4 Å². The smallest absolute Gasteiger partial charge is 0.325 e. The fraction of sp³-hybridized carbons (Fsp3) is 0.550. The molecule has 1 aromatic carbocycles. The monoisotopic (exact) mass is 451 g/mol. The molecule has 0 radical (unpaired) electrons. The molecule has 2 saturated heterocycles. The van der Waals surface area contributed by atoms with Crippen LogP contribution in [0.2, 0.25) is 0 Å². The van der Waals surface area contributed by atoms with E-state index in [2.05, 4.69) is 5.32 Å². The number of ether oxygens (including phenoxy) is 2. The van der Waals surface area contributed by atoms with E-state index in [1.54, 1.807) is 4.90 Å². The van der Waals surface area contributed by atoms with Crippen molar-refractivity contribution < 1.29 is 32.3 Å². The van der Waals surface area contributed by atoms with Gasteiger partial charge in [0.15, 0.2) is 11.5 Å². The molecule has 2 fully saturated rings. The van der Waals surface area contributed by atoms with Crippen molar-refractivity contribution in [2.45, 2.75) is 31.3 Å². The number of amides is 4. The van der Waals surface area contributed by atoms with Crippen LogP contribution in [0.15, 0.2) is 18.2 Å². The van der Waals surface area contributed by atoms with Crippen LogP contribution in [0.5, 0.6) is 11.5 Å². The number of fused-ring (bicyclic) bond motifs is 1. The summed E-state index contributed by atoms with van der Waals surface area (Å²) in [5.74, 6) is 0.196. The van der Waals surface area contributed by atoms with Crippen molar-refractivity contribution in [3.63, 3.8) is 0 Å². The molecule has 3 aliphatic rings. The number of carbonyl (C=O) groups is 3. The number of urea groups is 1. The predicted octanol–water partition coefficient (Wildman–Crippen LogP) is 0.476. The van der Waals surface area contributed by atoms with Gasteiger partial charge in [-0.2, -0.15) is 0 Å².